The number of amides is 1. The number of carbonyl (C=O) groups is 1. The van der Waals surface area contributed by atoms with E-state index in [1.54, 1.807) is 12.1 Å². The van der Waals surface area contributed by atoms with Crippen LogP contribution >= 0.6 is 12.4 Å². The molecular weight excluding hydrogens is 362 g/mol. The Morgan fingerprint density at radius 1 is 1.12 bits per heavy atom. The summed E-state index contributed by atoms with van der Waals surface area (Å²) in [4.78, 5) is 12.3. The first-order valence-electron chi connectivity index (χ1n) is 8.23. The lowest BCUT2D eigenvalue weighted by Gasteiger charge is -2.23. The number of nitrogens with one attached hydrogen (secondary N) is 2. The largest absolute Gasteiger partial charge is 0.497 e. The predicted octanol–water partition coefficient (Wildman–Crippen LogP) is 3.54. The van der Waals surface area contributed by atoms with Crippen LogP contribution in [0.5, 0.6) is 5.75 Å². The highest BCUT2D eigenvalue weighted by atomic mass is 35.5. The molecule has 1 aliphatic rings. The number of methoxy groups -OCH3 is 1. The summed E-state index contributed by atoms with van der Waals surface area (Å²) in [6.45, 7) is 1.67. The molecule has 0 unspecified atom stereocenters. The molecule has 1 saturated heterocycles. The van der Waals surface area contributed by atoms with E-state index in [0.717, 1.165) is 25.9 Å². The zero-order valence-electron chi connectivity index (χ0n) is 14.4. The molecule has 0 aliphatic carbocycles. The maximum atomic E-state index is 14.4. The van der Waals surface area contributed by atoms with Gasteiger partial charge < -0.3 is 15.4 Å². The summed E-state index contributed by atoms with van der Waals surface area (Å²) in [6.07, 6.45) is 1.64. The standard InChI is InChI=1S/C19H20F2N2O2.ClH/c1-25-14-3-5-15(18(21)11-14)12-2-4-16(17(20)10-12)19(24)23-13-6-8-22-9-7-13;/h2-5,10-11,13,22H,6-9H2,1H3,(H,23,24);1H. The molecule has 2 N–H and O–H groups in total. The van der Waals surface area contributed by atoms with Crippen LogP contribution in [0.4, 0.5) is 8.78 Å². The Morgan fingerprint density at radius 2 is 1.85 bits per heavy atom. The minimum atomic E-state index is -0.667. The molecule has 1 fully saturated rings. The van der Waals surface area contributed by atoms with Crippen molar-refractivity contribution >= 4 is 18.3 Å². The SMILES string of the molecule is COc1ccc(-c2ccc(C(=O)NC3CCNCC3)c(F)c2)c(F)c1.Cl. The fourth-order valence-electron chi connectivity index (χ4n) is 2.95. The number of hydrogen-bond acceptors (Lipinski definition) is 3. The van der Waals surface area contributed by atoms with Gasteiger partial charge in [0.2, 0.25) is 0 Å². The van der Waals surface area contributed by atoms with Crippen molar-refractivity contribution in [3.8, 4) is 16.9 Å². The van der Waals surface area contributed by atoms with Gasteiger partial charge in [-0.2, -0.15) is 0 Å². The van der Waals surface area contributed by atoms with Crippen molar-refractivity contribution < 1.29 is 18.3 Å². The van der Waals surface area contributed by atoms with Gasteiger partial charge in [-0.3, -0.25) is 4.79 Å². The Bertz CT molecular complexity index is 780. The van der Waals surface area contributed by atoms with E-state index >= 15 is 0 Å². The second-order valence-corrected chi connectivity index (χ2v) is 6.04. The molecule has 0 aromatic heterocycles. The molecule has 0 bridgehead atoms. The van der Waals surface area contributed by atoms with Crippen LogP contribution in [0, 0.1) is 11.6 Å². The Kier molecular flexibility index (Phi) is 6.94. The lowest BCUT2D eigenvalue weighted by atomic mass is 10.0. The van der Waals surface area contributed by atoms with Crippen molar-refractivity contribution in [1.29, 1.82) is 0 Å². The number of piperidine rings is 1. The summed E-state index contributed by atoms with van der Waals surface area (Å²) >= 11 is 0. The maximum absolute atomic E-state index is 14.4. The van der Waals surface area contributed by atoms with Gasteiger partial charge in [-0.1, -0.05) is 6.07 Å². The van der Waals surface area contributed by atoms with Crippen LogP contribution in [0.1, 0.15) is 23.2 Å². The third kappa shape index (κ3) is 4.51. The number of rotatable bonds is 4. The van der Waals surface area contributed by atoms with Crippen LogP contribution in [0.25, 0.3) is 11.1 Å². The second-order valence-electron chi connectivity index (χ2n) is 6.04. The van der Waals surface area contributed by atoms with E-state index in [0.29, 0.717) is 11.3 Å². The fourth-order valence-corrected chi connectivity index (χ4v) is 2.95. The first-order valence-corrected chi connectivity index (χ1v) is 8.23. The van der Waals surface area contributed by atoms with Gasteiger partial charge in [-0.15, -0.1) is 12.4 Å². The van der Waals surface area contributed by atoms with Gasteiger partial charge >= 0.3 is 0 Å². The molecule has 4 nitrogen and oxygen atoms in total. The first kappa shape index (κ1) is 20.1. The normalized spacial score (nSPS) is 14.4. The zero-order chi connectivity index (χ0) is 17.8. The topological polar surface area (TPSA) is 50.4 Å². The lowest BCUT2D eigenvalue weighted by Crippen LogP contribution is -2.42. The molecule has 7 heteroatoms. The Balaban J connectivity index is 0.00000243. The second kappa shape index (κ2) is 8.96. The maximum Gasteiger partial charge on any atom is 0.254 e. The summed E-state index contributed by atoms with van der Waals surface area (Å²) in [5, 5.41) is 6.06. The van der Waals surface area contributed by atoms with Gasteiger partial charge in [0.15, 0.2) is 0 Å². The number of hydrogen-bond donors (Lipinski definition) is 2. The van der Waals surface area contributed by atoms with Gasteiger partial charge in [0.25, 0.3) is 5.91 Å². The van der Waals surface area contributed by atoms with E-state index in [2.05, 4.69) is 10.6 Å². The highest BCUT2D eigenvalue weighted by Crippen LogP contribution is 2.27. The number of ether oxygens (including phenoxy) is 1. The molecule has 1 heterocycles. The number of carbonyl (C=O) groups excluding carboxylic acids is 1. The summed E-state index contributed by atoms with van der Waals surface area (Å²) < 4.78 is 33.5. The molecule has 3 rings (SSSR count). The molecule has 0 saturated carbocycles. The average Bonchev–Trinajstić information content (AvgIpc) is 2.62. The van der Waals surface area contributed by atoms with Crippen LogP contribution in [0.15, 0.2) is 36.4 Å². The van der Waals surface area contributed by atoms with Crippen molar-refractivity contribution in [1.82, 2.24) is 10.6 Å². The molecule has 0 radical (unpaired) electrons. The fraction of sp³-hybridized carbons (Fsp3) is 0.316. The molecule has 140 valence electrons. The molecule has 26 heavy (non-hydrogen) atoms. The Hall–Kier alpha value is -2.18. The third-order valence-electron chi connectivity index (χ3n) is 4.38. The third-order valence-corrected chi connectivity index (χ3v) is 4.38. The van der Waals surface area contributed by atoms with Crippen molar-refractivity contribution in [3.63, 3.8) is 0 Å². The van der Waals surface area contributed by atoms with Crippen molar-refractivity contribution in [2.24, 2.45) is 0 Å². The quantitative estimate of drug-likeness (QED) is 0.850. The van der Waals surface area contributed by atoms with Crippen molar-refractivity contribution in [2.45, 2.75) is 18.9 Å². The van der Waals surface area contributed by atoms with E-state index in [4.69, 9.17) is 4.74 Å². The first-order chi connectivity index (χ1) is 12.1. The van der Waals surface area contributed by atoms with Crippen LogP contribution in [0.3, 0.4) is 0 Å². The predicted molar refractivity (Wildman–Crippen MR) is 99.0 cm³/mol. The van der Waals surface area contributed by atoms with E-state index in [9.17, 15) is 13.6 Å². The van der Waals surface area contributed by atoms with Gasteiger partial charge in [0, 0.05) is 17.7 Å². The minimum absolute atomic E-state index is 0. The summed E-state index contributed by atoms with van der Waals surface area (Å²) in [7, 11) is 1.45. The van der Waals surface area contributed by atoms with Crippen LogP contribution in [0.2, 0.25) is 0 Å². The van der Waals surface area contributed by atoms with E-state index in [1.165, 1.54) is 31.4 Å². The van der Waals surface area contributed by atoms with Crippen LogP contribution in [-0.2, 0) is 0 Å². The zero-order valence-corrected chi connectivity index (χ0v) is 15.2. The molecule has 1 aliphatic heterocycles. The molecule has 2 aromatic carbocycles. The van der Waals surface area contributed by atoms with Crippen molar-refractivity contribution in [2.75, 3.05) is 20.2 Å². The summed E-state index contributed by atoms with van der Waals surface area (Å²) in [6, 6.07) is 8.54. The minimum Gasteiger partial charge on any atom is -0.497 e. The van der Waals surface area contributed by atoms with Gasteiger partial charge in [0.1, 0.15) is 17.4 Å². The van der Waals surface area contributed by atoms with E-state index < -0.39 is 17.5 Å². The smallest absolute Gasteiger partial charge is 0.254 e. The van der Waals surface area contributed by atoms with E-state index in [-0.39, 0.29) is 29.6 Å². The molecule has 0 spiro atoms. The average molecular weight is 383 g/mol. The van der Waals surface area contributed by atoms with Gasteiger partial charge in [0.05, 0.1) is 12.7 Å². The molecule has 0 atom stereocenters. The van der Waals surface area contributed by atoms with Gasteiger partial charge in [-0.25, -0.2) is 8.78 Å². The highest BCUT2D eigenvalue weighted by molar-refractivity contribution is 5.95. The highest BCUT2D eigenvalue weighted by Gasteiger charge is 2.19. The van der Waals surface area contributed by atoms with E-state index in [1.807, 2.05) is 0 Å². The molecular formula is C19H21ClF2N2O2. The Labute approximate surface area is 157 Å². The van der Waals surface area contributed by atoms with Gasteiger partial charge in [-0.05, 0) is 55.8 Å². The molecule has 1 amide bonds. The summed E-state index contributed by atoms with van der Waals surface area (Å²) in [5.74, 6) is -1.23. The summed E-state index contributed by atoms with van der Waals surface area (Å²) in [5.41, 5.74) is 0.595. The monoisotopic (exact) mass is 382 g/mol. The number of benzene rings is 2. The van der Waals surface area contributed by atoms with Crippen LogP contribution < -0.4 is 15.4 Å². The molecule has 2 aromatic rings. The Morgan fingerprint density at radius 3 is 2.46 bits per heavy atom. The van der Waals surface area contributed by atoms with Crippen LogP contribution in [-0.4, -0.2) is 32.1 Å². The number of halogens is 3. The van der Waals surface area contributed by atoms with Crippen molar-refractivity contribution in [3.05, 3.63) is 53.6 Å². The lowest BCUT2D eigenvalue weighted by molar-refractivity contribution is 0.0925.